The van der Waals surface area contributed by atoms with E-state index in [4.69, 9.17) is 5.73 Å². The average molecular weight is 312 g/mol. The molecule has 22 heavy (non-hydrogen) atoms. The van der Waals surface area contributed by atoms with Gasteiger partial charge in [-0.25, -0.2) is 0 Å². The number of hydrogen-bond acceptors (Lipinski definition) is 1. The van der Waals surface area contributed by atoms with Crippen molar-refractivity contribution in [3.8, 4) is 0 Å². The lowest BCUT2D eigenvalue weighted by Crippen LogP contribution is -2.14. The minimum absolute atomic E-state index is 0.679. The summed E-state index contributed by atoms with van der Waals surface area (Å²) in [6.45, 7) is 10.0. The minimum Gasteiger partial charge on any atom is -0.330 e. The molecule has 0 spiro atoms. The van der Waals surface area contributed by atoms with Crippen molar-refractivity contribution in [2.75, 3.05) is 6.54 Å². The maximum Gasteiger partial charge on any atom is -0.00515 e. The standard InChI is InChI=1S/C8H16.C7H17N.C6H12/c1-8(2)6-4-3-5-7-8;1-3-4-5-7(2)6-8;1-2-4-6-5-3-1/h3-7H2,1-2H3;7H,3-6,8H2,1-2H3;1-6H2. The van der Waals surface area contributed by atoms with Crippen LogP contribution in [0.4, 0.5) is 0 Å². The molecule has 1 nitrogen and oxygen atoms in total. The Morgan fingerprint density at radius 1 is 0.818 bits per heavy atom. The van der Waals surface area contributed by atoms with Gasteiger partial charge in [0.15, 0.2) is 0 Å². The van der Waals surface area contributed by atoms with Gasteiger partial charge in [0.1, 0.15) is 0 Å². The van der Waals surface area contributed by atoms with Crippen LogP contribution < -0.4 is 5.73 Å². The first-order valence-corrected chi connectivity index (χ1v) is 10.2. The van der Waals surface area contributed by atoms with E-state index in [1.165, 1.54) is 89.9 Å². The molecule has 0 saturated heterocycles. The molecule has 0 aromatic rings. The number of rotatable bonds is 4. The van der Waals surface area contributed by atoms with Crippen molar-refractivity contribution in [3.63, 3.8) is 0 Å². The van der Waals surface area contributed by atoms with Crippen LogP contribution in [0.5, 0.6) is 0 Å². The molecular weight excluding hydrogens is 266 g/mol. The van der Waals surface area contributed by atoms with Crippen molar-refractivity contribution in [3.05, 3.63) is 0 Å². The van der Waals surface area contributed by atoms with E-state index in [0.29, 0.717) is 5.41 Å². The predicted octanol–water partition coefficient (Wildman–Crippen LogP) is 7.09. The summed E-state index contributed by atoms with van der Waals surface area (Å²) < 4.78 is 0. The zero-order chi connectivity index (χ0) is 16.7. The summed E-state index contributed by atoms with van der Waals surface area (Å²) in [5.41, 5.74) is 6.09. The summed E-state index contributed by atoms with van der Waals surface area (Å²) in [6.07, 6.45) is 20.2. The highest BCUT2D eigenvalue weighted by atomic mass is 14.5. The lowest BCUT2D eigenvalue weighted by molar-refractivity contribution is 0.244. The van der Waals surface area contributed by atoms with Gasteiger partial charge in [-0.3, -0.25) is 0 Å². The molecule has 1 atom stereocenters. The van der Waals surface area contributed by atoms with E-state index in [1.54, 1.807) is 0 Å². The molecule has 0 heterocycles. The van der Waals surface area contributed by atoms with Crippen LogP contribution >= 0.6 is 0 Å². The van der Waals surface area contributed by atoms with Crippen molar-refractivity contribution in [1.82, 2.24) is 0 Å². The van der Waals surface area contributed by atoms with Crippen molar-refractivity contribution in [1.29, 1.82) is 0 Å². The molecular formula is C21H45N. The lowest BCUT2D eigenvalue weighted by Gasteiger charge is -2.28. The molecule has 2 N–H and O–H groups in total. The fourth-order valence-electron chi connectivity index (χ4n) is 3.24. The lowest BCUT2D eigenvalue weighted by atomic mass is 9.78. The van der Waals surface area contributed by atoms with Crippen LogP contribution in [0.15, 0.2) is 0 Å². The summed E-state index contributed by atoms with van der Waals surface area (Å²) in [5.74, 6) is 0.731. The van der Waals surface area contributed by atoms with Gasteiger partial charge in [-0.2, -0.15) is 0 Å². The molecule has 1 unspecified atom stereocenters. The highest BCUT2D eigenvalue weighted by molar-refractivity contribution is 4.72. The molecule has 2 fully saturated rings. The second-order valence-electron chi connectivity index (χ2n) is 8.33. The highest BCUT2D eigenvalue weighted by Crippen LogP contribution is 2.34. The van der Waals surface area contributed by atoms with Gasteiger partial charge in [0, 0.05) is 0 Å². The van der Waals surface area contributed by atoms with Crippen molar-refractivity contribution < 1.29 is 0 Å². The topological polar surface area (TPSA) is 26.0 Å². The van der Waals surface area contributed by atoms with Crippen LogP contribution in [0.1, 0.15) is 118 Å². The van der Waals surface area contributed by atoms with Gasteiger partial charge in [-0.15, -0.1) is 0 Å². The van der Waals surface area contributed by atoms with Crippen LogP contribution in [0.2, 0.25) is 0 Å². The summed E-state index contributed by atoms with van der Waals surface area (Å²) >= 11 is 0. The SMILES string of the molecule is C1CCCCC1.CC1(C)CCCCC1.CCCCC(C)CN. The smallest absolute Gasteiger partial charge is 0.00515 e. The first kappa shape index (κ1) is 22.0. The van der Waals surface area contributed by atoms with Crippen LogP contribution in [0.3, 0.4) is 0 Å². The highest BCUT2D eigenvalue weighted by Gasteiger charge is 2.19. The van der Waals surface area contributed by atoms with Gasteiger partial charge < -0.3 is 5.73 Å². The normalized spacial score (nSPS) is 21.7. The third-order valence-electron chi connectivity index (χ3n) is 5.16. The molecule has 0 amide bonds. The Bertz CT molecular complexity index is 198. The molecule has 0 bridgehead atoms. The van der Waals surface area contributed by atoms with E-state index in [1.807, 2.05) is 0 Å². The van der Waals surface area contributed by atoms with Crippen LogP contribution in [0.25, 0.3) is 0 Å². The third kappa shape index (κ3) is 14.9. The fraction of sp³-hybridized carbons (Fsp3) is 1.00. The van der Waals surface area contributed by atoms with Crippen molar-refractivity contribution >= 4 is 0 Å². The molecule has 0 aromatic carbocycles. The molecule has 0 aromatic heterocycles. The van der Waals surface area contributed by atoms with Gasteiger partial charge in [-0.05, 0) is 37.1 Å². The second-order valence-corrected chi connectivity index (χ2v) is 8.33. The number of hydrogen-bond donors (Lipinski definition) is 1. The van der Waals surface area contributed by atoms with E-state index in [2.05, 4.69) is 27.7 Å². The van der Waals surface area contributed by atoms with E-state index in [9.17, 15) is 0 Å². The van der Waals surface area contributed by atoms with Gasteiger partial charge in [0.05, 0.1) is 0 Å². The molecule has 2 aliphatic carbocycles. The van der Waals surface area contributed by atoms with Crippen molar-refractivity contribution in [2.45, 2.75) is 118 Å². The number of unbranched alkanes of at least 4 members (excludes halogenated alkanes) is 1. The summed E-state index contributed by atoms with van der Waals surface area (Å²) in [7, 11) is 0. The molecule has 134 valence electrons. The zero-order valence-corrected chi connectivity index (χ0v) is 16.3. The molecule has 0 radical (unpaired) electrons. The van der Waals surface area contributed by atoms with Gasteiger partial charge in [-0.1, -0.05) is 98.3 Å². The quantitative estimate of drug-likeness (QED) is 0.589. The van der Waals surface area contributed by atoms with Gasteiger partial charge in [0.25, 0.3) is 0 Å². The minimum atomic E-state index is 0.679. The average Bonchev–Trinajstić information content (AvgIpc) is 2.55. The second kappa shape index (κ2) is 14.5. The Labute approximate surface area is 141 Å². The first-order chi connectivity index (χ1) is 10.5. The molecule has 2 saturated carbocycles. The monoisotopic (exact) mass is 311 g/mol. The van der Waals surface area contributed by atoms with E-state index in [0.717, 1.165) is 12.5 Å². The summed E-state index contributed by atoms with van der Waals surface area (Å²) in [6, 6.07) is 0. The summed E-state index contributed by atoms with van der Waals surface area (Å²) in [5, 5.41) is 0. The van der Waals surface area contributed by atoms with E-state index < -0.39 is 0 Å². The fourth-order valence-corrected chi connectivity index (χ4v) is 3.24. The molecule has 1 heteroatoms. The first-order valence-electron chi connectivity index (χ1n) is 10.2. The number of nitrogens with two attached hydrogens (primary N) is 1. The zero-order valence-electron chi connectivity index (χ0n) is 16.3. The Hall–Kier alpha value is -0.0400. The van der Waals surface area contributed by atoms with Gasteiger partial charge >= 0.3 is 0 Å². The Morgan fingerprint density at radius 2 is 1.23 bits per heavy atom. The third-order valence-corrected chi connectivity index (χ3v) is 5.16. The largest absolute Gasteiger partial charge is 0.330 e. The van der Waals surface area contributed by atoms with Gasteiger partial charge in [0.2, 0.25) is 0 Å². The molecule has 0 aliphatic heterocycles. The van der Waals surface area contributed by atoms with E-state index in [-0.39, 0.29) is 0 Å². The molecule has 2 rings (SSSR count). The van der Waals surface area contributed by atoms with Crippen LogP contribution in [-0.2, 0) is 0 Å². The Balaban J connectivity index is 0.000000304. The summed E-state index contributed by atoms with van der Waals surface area (Å²) in [4.78, 5) is 0. The van der Waals surface area contributed by atoms with Crippen molar-refractivity contribution in [2.24, 2.45) is 17.1 Å². The maximum atomic E-state index is 5.41. The van der Waals surface area contributed by atoms with E-state index >= 15 is 0 Å². The Kier molecular flexibility index (Phi) is 14.5. The Morgan fingerprint density at radius 3 is 1.50 bits per heavy atom. The molecule has 2 aliphatic rings. The predicted molar refractivity (Wildman–Crippen MR) is 102 cm³/mol. The van der Waals surface area contributed by atoms with Crippen LogP contribution in [-0.4, -0.2) is 6.54 Å². The van der Waals surface area contributed by atoms with Crippen LogP contribution in [0, 0.1) is 11.3 Å². The maximum absolute atomic E-state index is 5.41.